The molecule has 206 valence electrons. The lowest BCUT2D eigenvalue weighted by Crippen LogP contribution is -2.58. The Morgan fingerprint density at radius 3 is 2.33 bits per heavy atom. The highest BCUT2D eigenvalue weighted by Gasteiger charge is 2.49. The van der Waals surface area contributed by atoms with E-state index in [4.69, 9.17) is 0 Å². The summed E-state index contributed by atoms with van der Waals surface area (Å²) in [7, 11) is 0. The maximum absolute atomic E-state index is 2.76. The maximum Gasteiger partial charge on any atom is 0.332 e. The van der Waals surface area contributed by atoms with Gasteiger partial charge in [0.2, 0.25) is 0 Å². The zero-order valence-corrected chi connectivity index (χ0v) is 25.9. The number of para-hydroxylation sites is 3. The second kappa shape index (κ2) is 7.67. The lowest BCUT2D eigenvalue weighted by Gasteiger charge is -2.45. The molecule has 4 aliphatic rings. The van der Waals surface area contributed by atoms with E-state index in [2.05, 4.69) is 141 Å². The van der Waals surface area contributed by atoms with Crippen molar-refractivity contribution in [1.29, 1.82) is 0 Å². The van der Waals surface area contributed by atoms with Crippen LogP contribution in [0.25, 0.3) is 33.2 Å². The van der Waals surface area contributed by atoms with E-state index in [-0.39, 0.29) is 17.7 Å². The van der Waals surface area contributed by atoms with Gasteiger partial charge in [0.25, 0.3) is 0 Å². The number of rotatable bonds is 0. The van der Waals surface area contributed by atoms with Crippen LogP contribution in [0.4, 0.5) is 17.1 Å². The number of aromatic nitrogens is 1. The van der Waals surface area contributed by atoms with Crippen LogP contribution in [0.1, 0.15) is 51.4 Å². The molecule has 0 saturated carbocycles. The van der Waals surface area contributed by atoms with Crippen LogP contribution in [0, 0.1) is 0 Å². The molecule has 5 aromatic carbocycles. The Bertz CT molecular complexity index is 2250. The Balaban J connectivity index is 1.42. The molecular weight excluding hydrogens is 539 g/mol. The van der Waals surface area contributed by atoms with E-state index in [9.17, 15) is 0 Å². The van der Waals surface area contributed by atoms with E-state index in [1.807, 2.05) is 11.8 Å². The molecule has 6 aromatic rings. The first-order valence-electron chi connectivity index (χ1n) is 15.4. The molecule has 0 N–H and O–H groups in total. The zero-order chi connectivity index (χ0) is 29.0. The number of fused-ring (bicyclic) bond motifs is 11. The monoisotopic (exact) mass is 570 g/mol. The highest BCUT2D eigenvalue weighted by atomic mass is 32.2. The molecule has 0 unspecified atom stereocenters. The first-order chi connectivity index (χ1) is 20.7. The Hall–Kier alpha value is -4.15. The molecule has 0 radical (unpaired) electrons. The molecule has 0 amide bonds. The van der Waals surface area contributed by atoms with Crippen LogP contribution >= 0.6 is 11.8 Å². The molecular formula is C39H31BN2S. The fourth-order valence-electron chi connectivity index (χ4n) is 8.59. The van der Waals surface area contributed by atoms with Crippen molar-refractivity contribution in [2.75, 3.05) is 4.90 Å². The highest BCUT2D eigenvalue weighted by molar-refractivity contribution is 7.99. The topological polar surface area (TPSA) is 8.17 Å². The summed E-state index contributed by atoms with van der Waals surface area (Å²) in [5, 5.41) is 1.38. The van der Waals surface area contributed by atoms with E-state index >= 15 is 0 Å². The summed E-state index contributed by atoms with van der Waals surface area (Å²) in [5.74, 6) is 0. The predicted molar refractivity (Wildman–Crippen MR) is 183 cm³/mol. The lowest BCUT2D eigenvalue weighted by atomic mass is 9.44. The molecule has 0 saturated heterocycles. The van der Waals surface area contributed by atoms with Crippen LogP contribution in [-0.2, 0) is 10.8 Å². The molecule has 10 rings (SSSR count). The van der Waals surface area contributed by atoms with Crippen LogP contribution in [0.3, 0.4) is 0 Å². The van der Waals surface area contributed by atoms with Gasteiger partial charge in [-0.05, 0) is 62.9 Å². The fourth-order valence-corrected chi connectivity index (χ4v) is 9.69. The van der Waals surface area contributed by atoms with Gasteiger partial charge in [0.15, 0.2) is 0 Å². The zero-order valence-electron chi connectivity index (χ0n) is 25.1. The van der Waals surface area contributed by atoms with Crippen molar-refractivity contribution in [3.63, 3.8) is 0 Å². The molecule has 0 bridgehead atoms. The largest absolute Gasteiger partial charge is 0.378 e. The van der Waals surface area contributed by atoms with Gasteiger partial charge in [-0.2, -0.15) is 0 Å². The van der Waals surface area contributed by atoms with Gasteiger partial charge < -0.3 is 9.38 Å². The molecule has 4 heteroatoms. The maximum atomic E-state index is 2.76. The summed E-state index contributed by atoms with van der Waals surface area (Å²) in [5.41, 5.74) is 17.9. The smallest absolute Gasteiger partial charge is 0.332 e. The van der Waals surface area contributed by atoms with Gasteiger partial charge in [0, 0.05) is 48.6 Å². The Morgan fingerprint density at radius 2 is 1.47 bits per heavy atom. The first-order valence-corrected chi connectivity index (χ1v) is 16.2. The first kappa shape index (κ1) is 24.3. The molecule has 0 atom stereocenters. The summed E-state index contributed by atoms with van der Waals surface area (Å²) in [6, 6.07) is 37.1. The third-order valence-corrected chi connectivity index (χ3v) is 11.6. The summed E-state index contributed by atoms with van der Waals surface area (Å²) in [4.78, 5) is 5.25. The number of hydrogen-bond acceptors (Lipinski definition) is 2. The molecule has 1 aromatic heterocycles. The minimum atomic E-state index is -0.113. The normalized spacial score (nSPS) is 16.0. The minimum Gasteiger partial charge on any atom is -0.378 e. The van der Waals surface area contributed by atoms with Gasteiger partial charge in [0.1, 0.15) is 0 Å². The van der Waals surface area contributed by atoms with Crippen molar-refractivity contribution in [2.45, 2.75) is 55.2 Å². The number of nitrogens with zero attached hydrogens (tertiary/aromatic N) is 2. The molecule has 0 fully saturated rings. The third kappa shape index (κ3) is 2.80. The molecule has 43 heavy (non-hydrogen) atoms. The Morgan fingerprint density at radius 1 is 0.721 bits per heavy atom. The summed E-state index contributed by atoms with van der Waals surface area (Å²) < 4.78 is 2.76. The number of anilines is 3. The summed E-state index contributed by atoms with van der Waals surface area (Å²) in [6.45, 7) is 12.0. The fraction of sp³-hybridized carbons (Fsp3) is 0.179. The van der Waals surface area contributed by atoms with Gasteiger partial charge in [-0.3, -0.25) is 0 Å². The second-order valence-electron chi connectivity index (χ2n) is 14.2. The van der Waals surface area contributed by atoms with Crippen molar-refractivity contribution in [1.82, 2.24) is 4.48 Å². The molecule has 3 aliphatic heterocycles. The van der Waals surface area contributed by atoms with Gasteiger partial charge in [-0.1, -0.05) is 119 Å². The van der Waals surface area contributed by atoms with Crippen molar-refractivity contribution >= 4 is 57.5 Å². The Kier molecular flexibility index (Phi) is 4.34. The van der Waals surface area contributed by atoms with Gasteiger partial charge in [-0.25, -0.2) is 0 Å². The van der Waals surface area contributed by atoms with Crippen LogP contribution in [0.15, 0.2) is 107 Å². The second-order valence-corrected chi connectivity index (χ2v) is 15.3. The average molecular weight is 571 g/mol. The SMILES string of the molecule is CC(C)(C)c1cc2c3c(c1)N1c4ccccc4Sc4cccc(c41)B3n1c3c(c4cccc-2c41)-c1ccccc1C3(C)C. The van der Waals surface area contributed by atoms with E-state index in [1.165, 1.54) is 87.8 Å². The molecule has 1 aliphatic carbocycles. The minimum absolute atomic E-state index is 0.0148. The average Bonchev–Trinajstić information content (AvgIpc) is 3.47. The van der Waals surface area contributed by atoms with Crippen molar-refractivity contribution in [2.24, 2.45) is 0 Å². The summed E-state index contributed by atoms with van der Waals surface area (Å²) >= 11 is 1.91. The van der Waals surface area contributed by atoms with Crippen molar-refractivity contribution < 1.29 is 0 Å². The number of benzene rings is 5. The quantitative estimate of drug-likeness (QED) is 0.168. The predicted octanol–water partition coefficient (Wildman–Crippen LogP) is 9.13. The molecule has 0 spiro atoms. The van der Waals surface area contributed by atoms with E-state index in [0.717, 1.165) is 0 Å². The van der Waals surface area contributed by atoms with E-state index < -0.39 is 0 Å². The van der Waals surface area contributed by atoms with Gasteiger partial charge in [0.05, 0.1) is 11.4 Å². The molecule has 2 nitrogen and oxygen atoms in total. The van der Waals surface area contributed by atoms with Crippen LogP contribution in [0.5, 0.6) is 0 Å². The third-order valence-electron chi connectivity index (χ3n) is 10.4. The van der Waals surface area contributed by atoms with E-state index in [0.29, 0.717) is 0 Å². The standard InChI is InChI=1S/C39H31BN2S/c1-38(2,3)22-20-26-23-13-10-14-25-33-24-12-6-7-15-27(24)39(4,5)37(33)42(35(23)25)40-28-16-11-19-32-36(28)41(30(21-22)34(26)40)29-17-8-9-18-31(29)43-32/h6-21H,1-5H3. The lowest BCUT2D eigenvalue weighted by molar-refractivity contribution is 0.590. The van der Waals surface area contributed by atoms with Crippen LogP contribution in [-0.4, -0.2) is 11.3 Å². The van der Waals surface area contributed by atoms with Gasteiger partial charge in [-0.15, -0.1) is 0 Å². The molecule has 4 heterocycles. The summed E-state index contributed by atoms with van der Waals surface area (Å²) in [6.07, 6.45) is 0. The van der Waals surface area contributed by atoms with Gasteiger partial charge >= 0.3 is 6.85 Å². The highest BCUT2D eigenvalue weighted by Crippen LogP contribution is 2.57. The number of hydrogen-bond donors (Lipinski definition) is 0. The van der Waals surface area contributed by atoms with E-state index in [1.54, 1.807) is 0 Å². The van der Waals surface area contributed by atoms with Crippen molar-refractivity contribution in [3.8, 4) is 22.3 Å². The Labute approximate surface area is 257 Å². The van der Waals surface area contributed by atoms with Crippen molar-refractivity contribution in [3.05, 3.63) is 114 Å². The van der Waals surface area contributed by atoms with Crippen LogP contribution in [0.2, 0.25) is 0 Å². The van der Waals surface area contributed by atoms with Crippen LogP contribution < -0.4 is 15.8 Å².